The number of aliphatic hydroxyl groups excluding tert-OH is 1. The summed E-state index contributed by atoms with van der Waals surface area (Å²) in [6, 6.07) is 14.0. The molecule has 5 heteroatoms. The van der Waals surface area contributed by atoms with E-state index in [1.54, 1.807) is 0 Å². The van der Waals surface area contributed by atoms with Crippen LogP contribution in [0.4, 0.5) is 0 Å². The molecule has 0 aliphatic heterocycles. The summed E-state index contributed by atoms with van der Waals surface area (Å²) in [6.07, 6.45) is 0.758. The summed E-state index contributed by atoms with van der Waals surface area (Å²) >= 11 is 0. The van der Waals surface area contributed by atoms with Crippen LogP contribution in [0.15, 0.2) is 47.5 Å². The SMILES string of the molecule is CC(=NCC(=O)CCCO)c1c(O)n(-c2cccc(C)c2)c2cc(C)ccc12. The minimum absolute atomic E-state index is 0.00143. The average Bonchev–Trinajstić information content (AvgIpc) is 2.95. The zero-order chi connectivity index (χ0) is 20.3. The van der Waals surface area contributed by atoms with Gasteiger partial charge < -0.3 is 10.2 Å². The van der Waals surface area contributed by atoms with Crippen LogP contribution in [0.5, 0.6) is 5.88 Å². The van der Waals surface area contributed by atoms with Gasteiger partial charge in [0.2, 0.25) is 5.88 Å². The van der Waals surface area contributed by atoms with E-state index in [1.807, 2.05) is 67.8 Å². The van der Waals surface area contributed by atoms with Gasteiger partial charge in [-0.3, -0.25) is 14.4 Å². The minimum atomic E-state index is -0.0221. The number of aryl methyl sites for hydroxylation is 2. The molecule has 0 radical (unpaired) electrons. The molecule has 2 aromatic carbocycles. The highest BCUT2D eigenvalue weighted by Gasteiger charge is 2.20. The minimum Gasteiger partial charge on any atom is -0.494 e. The Morgan fingerprint density at radius 1 is 1.11 bits per heavy atom. The summed E-state index contributed by atoms with van der Waals surface area (Å²) in [6.45, 7) is 5.90. The van der Waals surface area contributed by atoms with Crippen LogP contribution in [0, 0.1) is 13.8 Å². The van der Waals surface area contributed by atoms with Crippen LogP contribution in [0.3, 0.4) is 0 Å². The molecule has 0 saturated heterocycles. The number of carbonyl (C=O) groups is 1. The molecule has 0 fully saturated rings. The Labute approximate surface area is 165 Å². The highest BCUT2D eigenvalue weighted by molar-refractivity contribution is 6.13. The molecule has 146 valence electrons. The Balaban J connectivity index is 2.11. The molecular weight excluding hydrogens is 352 g/mol. The molecule has 1 aromatic heterocycles. The van der Waals surface area contributed by atoms with E-state index in [4.69, 9.17) is 5.11 Å². The lowest BCUT2D eigenvalue weighted by Crippen LogP contribution is -2.06. The third kappa shape index (κ3) is 3.99. The molecule has 0 atom stereocenters. The zero-order valence-electron chi connectivity index (χ0n) is 16.6. The van der Waals surface area contributed by atoms with Gasteiger partial charge in [0.05, 0.1) is 17.6 Å². The van der Waals surface area contributed by atoms with E-state index in [0.717, 1.165) is 27.7 Å². The number of fused-ring (bicyclic) bond motifs is 1. The topological polar surface area (TPSA) is 74.8 Å². The van der Waals surface area contributed by atoms with Gasteiger partial charge >= 0.3 is 0 Å². The first-order valence-electron chi connectivity index (χ1n) is 9.47. The number of hydrogen-bond acceptors (Lipinski definition) is 4. The van der Waals surface area contributed by atoms with Crippen molar-refractivity contribution < 1.29 is 15.0 Å². The van der Waals surface area contributed by atoms with Gasteiger partial charge in [-0.1, -0.05) is 24.3 Å². The summed E-state index contributed by atoms with van der Waals surface area (Å²) in [5.74, 6) is 0.0985. The first-order valence-corrected chi connectivity index (χ1v) is 9.47. The van der Waals surface area contributed by atoms with Gasteiger partial charge in [0, 0.05) is 29.8 Å². The van der Waals surface area contributed by atoms with Gasteiger partial charge in [-0.25, -0.2) is 0 Å². The fraction of sp³-hybridized carbons (Fsp3) is 0.304. The van der Waals surface area contributed by atoms with E-state index in [0.29, 0.717) is 24.1 Å². The molecule has 0 spiro atoms. The third-order valence-electron chi connectivity index (χ3n) is 4.83. The zero-order valence-corrected chi connectivity index (χ0v) is 16.6. The maximum atomic E-state index is 11.9. The van der Waals surface area contributed by atoms with Gasteiger partial charge in [-0.2, -0.15) is 0 Å². The van der Waals surface area contributed by atoms with Crippen molar-refractivity contribution >= 4 is 22.4 Å². The first kappa shape index (κ1) is 19.8. The number of Topliss-reactive ketones (excluding diaryl/α,β-unsaturated/α-hetero) is 1. The maximum Gasteiger partial charge on any atom is 0.206 e. The summed E-state index contributed by atoms with van der Waals surface area (Å²) in [4.78, 5) is 16.3. The van der Waals surface area contributed by atoms with E-state index >= 15 is 0 Å². The molecule has 0 bridgehead atoms. The molecule has 0 amide bonds. The summed E-state index contributed by atoms with van der Waals surface area (Å²) < 4.78 is 1.83. The number of aliphatic hydroxyl groups is 1. The predicted octanol–water partition coefficient (Wildman–Crippen LogP) is 4.10. The highest BCUT2D eigenvalue weighted by Crippen LogP contribution is 2.35. The van der Waals surface area contributed by atoms with Crippen molar-refractivity contribution in [3.8, 4) is 11.6 Å². The van der Waals surface area contributed by atoms with Crippen molar-refractivity contribution in [3.05, 3.63) is 59.2 Å². The number of rotatable bonds is 7. The van der Waals surface area contributed by atoms with Crippen LogP contribution in [0.2, 0.25) is 0 Å². The summed E-state index contributed by atoms with van der Waals surface area (Å²) in [7, 11) is 0. The lowest BCUT2D eigenvalue weighted by Gasteiger charge is -2.09. The number of aromatic hydroxyl groups is 1. The van der Waals surface area contributed by atoms with Crippen molar-refractivity contribution in [2.24, 2.45) is 4.99 Å². The van der Waals surface area contributed by atoms with Crippen LogP contribution in [-0.4, -0.2) is 39.4 Å². The van der Waals surface area contributed by atoms with Crippen LogP contribution >= 0.6 is 0 Å². The predicted molar refractivity (Wildman–Crippen MR) is 113 cm³/mol. The van der Waals surface area contributed by atoms with Crippen molar-refractivity contribution in [2.75, 3.05) is 13.2 Å². The quantitative estimate of drug-likeness (QED) is 0.608. The number of aliphatic imine (C=N–C) groups is 1. The second-order valence-electron chi connectivity index (χ2n) is 7.16. The van der Waals surface area contributed by atoms with E-state index < -0.39 is 0 Å². The highest BCUT2D eigenvalue weighted by atomic mass is 16.3. The van der Waals surface area contributed by atoms with Crippen LogP contribution in [0.25, 0.3) is 16.6 Å². The van der Waals surface area contributed by atoms with Gasteiger partial charge in [-0.15, -0.1) is 0 Å². The van der Waals surface area contributed by atoms with E-state index in [-0.39, 0.29) is 24.8 Å². The fourth-order valence-corrected chi connectivity index (χ4v) is 3.41. The second kappa shape index (κ2) is 8.40. The van der Waals surface area contributed by atoms with Crippen molar-refractivity contribution in [2.45, 2.75) is 33.6 Å². The van der Waals surface area contributed by atoms with Gasteiger partial charge in [0.15, 0.2) is 5.78 Å². The average molecular weight is 378 g/mol. The lowest BCUT2D eigenvalue weighted by molar-refractivity contribution is -0.117. The molecule has 1 heterocycles. The Bertz CT molecular complexity index is 1050. The molecule has 5 nitrogen and oxygen atoms in total. The Morgan fingerprint density at radius 3 is 2.57 bits per heavy atom. The number of carbonyl (C=O) groups excluding carboxylic acids is 1. The lowest BCUT2D eigenvalue weighted by atomic mass is 10.1. The first-order chi connectivity index (χ1) is 13.4. The monoisotopic (exact) mass is 378 g/mol. The Hall–Kier alpha value is -2.92. The van der Waals surface area contributed by atoms with Crippen LogP contribution in [-0.2, 0) is 4.79 Å². The van der Waals surface area contributed by atoms with Gasteiger partial charge in [0.1, 0.15) is 0 Å². The molecule has 0 aliphatic rings. The Morgan fingerprint density at radius 2 is 1.86 bits per heavy atom. The molecule has 3 rings (SSSR count). The van der Waals surface area contributed by atoms with E-state index in [1.165, 1.54) is 0 Å². The van der Waals surface area contributed by atoms with Gasteiger partial charge in [0.25, 0.3) is 0 Å². The Kier molecular flexibility index (Phi) is 5.95. The van der Waals surface area contributed by atoms with Crippen molar-refractivity contribution in [3.63, 3.8) is 0 Å². The molecule has 0 aliphatic carbocycles. The van der Waals surface area contributed by atoms with Crippen LogP contribution < -0.4 is 0 Å². The molecule has 3 aromatic rings. The maximum absolute atomic E-state index is 11.9. The molecule has 0 saturated carbocycles. The van der Waals surface area contributed by atoms with Gasteiger partial charge in [-0.05, 0) is 56.5 Å². The summed E-state index contributed by atoms with van der Waals surface area (Å²) in [5.41, 5.74) is 5.25. The number of hydrogen-bond donors (Lipinski definition) is 2. The number of benzene rings is 2. The molecule has 2 N–H and O–H groups in total. The summed E-state index contributed by atoms with van der Waals surface area (Å²) in [5, 5.41) is 20.8. The number of ketones is 1. The molecular formula is C23H26N2O3. The van der Waals surface area contributed by atoms with Crippen molar-refractivity contribution in [1.29, 1.82) is 0 Å². The normalized spacial score (nSPS) is 11.9. The largest absolute Gasteiger partial charge is 0.494 e. The number of aromatic nitrogens is 1. The molecule has 0 unspecified atom stereocenters. The third-order valence-corrected chi connectivity index (χ3v) is 4.83. The smallest absolute Gasteiger partial charge is 0.206 e. The standard InChI is InChI=1S/C23H26N2O3/c1-15-6-4-7-18(12-15)25-21-13-16(2)9-10-20(21)22(23(25)28)17(3)24-14-19(27)8-5-11-26/h4,6-7,9-10,12-13,26,28H,5,8,11,14H2,1-3H3. The van der Waals surface area contributed by atoms with E-state index in [2.05, 4.69) is 4.99 Å². The fourth-order valence-electron chi connectivity index (χ4n) is 3.41. The van der Waals surface area contributed by atoms with Crippen molar-refractivity contribution in [1.82, 2.24) is 4.57 Å². The van der Waals surface area contributed by atoms with Crippen LogP contribution in [0.1, 0.15) is 36.5 Å². The number of nitrogens with zero attached hydrogens (tertiary/aromatic N) is 2. The molecule has 28 heavy (non-hydrogen) atoms. The second-order valence-corrected chi connectivity index (χ2v) is 7.16. The van der Waals surface area contributed by atoms with E-state index in [9.17, 15) is 9.90 Å².